The molecule has 20 heavy (non-hydrogen) atoms. The topological polar surface area (TPSA) is 0 Å². The second kappa shape index (κ2) is 7.08. The minimum Gasteiger partial charge on any atom is -0.0835 e. The molecule has 0 spiro atoms. The van der Waals surface area contributed by atoms with Crippen LogP contribution in [0.3, 0.4) is 0 Å². The fourth-order valence-corrected chi connectivity index (χ4v) is 3.14. The van der Waals surface area contributed by atoms with Gasteiger partial charge in [0.1, 0.15) is 0 Å². The van der Waals surface area contributed by atoms with E-state index >= 15 is 0 Å². The van der Waals surface area contributed by atoms with Crippen LogP contribution < -0.4 is 0 Å². The van der Waals surface area contributed by atoms with Crippen LogP contribution in [-0.2, 0) is 12.8 Å². The molecule has 106 valence electrons. The summed E-state index contributed by atoms with van der Waals surface area (Å²) < 4.78 is 0. The van der Waals surface area contributed by atoms with Crippen molar-refractivity contribution < 1.29 is 0 Å². The van der Waals surface area contributed by atoms with Crippen molar-refractivity contribution in [2.45, 2.75) is 38.4 Å². The Hall–Kier alpha value is -1.08. The van der Waals surface area contributed by atoms with E-state index in [1.807, 2.05) is 0 Å². The molecule has 0 N–H and O–H groups in total. The molecule has 0 nitrogen and oxygen atoms in total. The molecule has 0 bridgehead atoms. The summed E-state index contributed by atoms with van der Waals surface area (Å²) >= 11 is 3.83. The predicted molar refractivity (Wildman–Crippen MR) is 91.5 cm³/mol. The molecular weight excluding hydrogens is 308 g/mol. The highest BCUT2D eigenvalue weighted by Crippen LogP contribution is 2.28. The first-order valence-electron chi connectivity index (χ1n) is 7.33. The standard InChI is InChI=1S/C19H23Br/c1-14(2)12-16-8-10-17(11-9-16)19(20)13-18-7-5-4-6-15(18)3/h4-11,14,19H,12-13H2,1-3H3. The Kier molecular flexibility index (Phi) is 5.42. The summed E-state index contributed by atoms with van der Waals surface area (Å²) in [5, 5.41) is 0. The molecule has 0 aromatic heterocycles. The molecule has 2 aromatic carbocycles. The first kappa shape index (κ1) is 15.3. The lowest BCUT2D eigenvalue weighted by atomic mass is 9.98. The van der Waals surface area contributed by atoms with E-state index in [0.29, 0.717) is 10.7 Å². The van der Waals surface area contributed by atoms with Crippen LogP contribution in [0.4, 0.5) is 0 Å². The molecule has 1 unspecified atom stereocenters. The van der Waals surface area contributed by atoms with Gasteiger partial charge in [-0.1, -0.05) is 78.3 Å². The van der Waals surface area contributed by atoms with E-state index in [0.717, 1.165) is 12.8 Å². The summed E-state index contributed by atoms with van der Waals surface area (Å²) in [6.45, 7) is 6.71. The van der Waals surface area contributed by atoms with Gasteiger partial charge in [-0.2, -0.15) is 0 Å². The number of rotatable bonds is 5. The lowest BCUT2D eigenvalue weighted by molar-refractivity contribution is 0.647. The Morgan fingerprint density at radius 2 is 1.55 bits per heavy atom. The number of benzene rings is 2. The molecule has 0 saturated carbocycles. The second-order valence-corrected chi connectivity index (χ2v) is 7.04. The summed E-state index contributed by atoms with van der Waals surface area (Å²) in [5.41, 5.74) is 5.58. The molecule has 0 aliphatic rings. The smallest absolute Gasteiger partial charge is 0.0435 e. The van der Waals surface area contributed by atoms with Gasteiger partial charge in [0.2, 0.25) is 0 Å². The highest BCUT2D eigenvalue weighted by molar-refractivity contribution is 9.09. The van der Waals surface area contributed by atoms with Gasteiger partial charge in [-0.3, -0.25) is 0 Å². The third-order valence-electron chi connectivity index (χ3n) is 3.65. The maximum Gasteiger partial charge on any atom is 0.0435 e. The van der Waals surface area contributed by atoms with Gasteiger partial charge in [0.05, 0.1) is 0 Å². The quantitative estimate of drug-likeness (QED) is 0.601. The normalized spacial score (nSPS) is 12.7. The summed E-state index contributed by atoms with van der Waals surface area (Å²) in [6, 6.07) is 17.7. The van der Waals surface area contributed by atoms with Gasteiger partial charge in [0.25, 0.3) is 0 Å². The molecule has 0 aliphatic heterocycles. The number of aryl methyl sites for hydroxylation is 1. The number of hydrogen-bond donors (Lipinski definition) is 0. The molecule has 0 heterocycles. The summed E-state index contributed by atoms with van der Waals surface area (Å²) in [7, 11) is 0. The van der Waals surface area contributed by atoms with Crippen molar-refractivity contribution in [3.63, 3.8) is 0 Å². The number of hydrogen-bond acceptors (Lipinski definition) is 0. The van der Waals surface area contributed by atoms with Crippen molar-refractivity contribution in [3.05, 3.63) is 70.8 Å². The van der Waals surface area contributed by atoms with Crippen LogP contribution in [0.1, 0.15) is 40.9 Å². The molecule has 0 fully saturated rings. The van der Waals surface area contributed by atoms with Crippen LogP contribution in [0, 0.1) is 12.8 Å². The molecule has 0 amide bonds. The minimum absolute atomic E-state index is 0.386. The SMILES string of the molecule is Cc1ccccc1CC(Br)c1ccc(CC(C)C)cc1. The van der Waals surface area contributed by atoms with Gasteiger partial charge in [-0.25, -0.2) is 0 Å². The highest BCUT2D eigenvalue weighted by Gasteiger charge is 2.10. The lowest BCUT2D eigenvalue weighted by Crippen LogP contribution is -1.99. The van der Waals surface area contributed by atoms with E-state index in [4.69, 9.17) is 0 Å². The molecule has 1 heteroatoms. The van der Waals surface area contributed by atoms with E-state index < -0.39 is 0 Å². The Labute approximate surface area is 131 Å². The maximum absolute atomic E-state index is 3.83. The monoisotopic (exact) mass is 330 g/mol. The van der Waals surface area contributed by atoms with Crippen molar-refractivity contribution >= 4 is 15.9 Å². The number of alkyl halides is 1. The Morgan fingerprint density at radius 1 is 0.900 bits per heavy atom. The molecule has 0 saturated heterocycles. The van der Waals surface area contributed by atoms with E-state index in [1.54, 1.807) is 0 Å². The summed E-state index contributed by atoms with van der Waals surface area (Å²) in [5.74, 6) is 0.715. The summed E-state index contributed by atoms with van der Waals surface area (Å²) in [4.78, 5) is 0.386. The van der Waals surface area contributed by atoms with E-state index in [-0.39, 0.29) is 0 Å². The molecule has 0 aliphatic carbocycles. The van der Waals surface area contributed by atoms with Crippen LogP contribution >= 0.6 is 15.9 Å². The number of halogens is 1. The van der Waals surface area contributed by atoms with Crippen LogP contribution in [-0.4, -0.2) is 0 Å². The molecule has 2 aromatic rings. The predicted octanol–water partition coefficient (Wildman–Crippen LogP) is 5.87. The summed E-state index contributed by atoms with van der Waals surface area (Å²) in [6.07, 6.45) is 2.20. The molecular formula is C19H23Br. The average Bonchev–Trinajstić information content (AvgIpc) is 2.41. The maximum atomic E-state index is 3.83. The van der Waals surface area contributed by atoms with Crippen molar-refractivity contribution in [2.24, 2.45) is 5.92 Å². The second-order valence-electron chi connectivity index (χ2n) is 5.94. The van der Waals surface area contributed by atoms with Crippen LogP contribution in [0.15, 0.2) is 48.5 Å². The van der Waals surface area contributed by atoms with Crippen LogP contribution in [0.25, 0.3) is 0 Å². The third-order valence-corrected chi connectivity index (χ3v) is 4.50. The fraction of sp³-hybridized carbons (Fsp3) is 0.368. The van der Waals surface area contributed by atoms with Crippen molar-refractivity contribution in [1.29, 1.82) is 0 Å². The zero-order chi connectivity index (χ0) is 14.5. The van der Waals surface area contributed by atoms with Crippen LogP contribution in [0.5, 0.6) is 0 Å². The molecule has 0 radical (unpaired) electrons. The molecule has 1 atom stereocenters. The van der Waals surface area contributed by atoms with Crippen LogP contribution in [0.2, 0.25) is 0 Å². The Bertz CT molecular complexity index is 540. The van der Waals surface area contributed by atoms with Crippen molar-refractivity contribution in [2.75, 3.05) is 0 Å². The average molecular weight is 331 g/mol. The van der Waals surface area contributed by atoms with Gasteiger partial charge in [-0.05, 0) is 47.9 Å². The lowest BCUT2D eigenvalue weighted by Gasteiger charge is -2.13. The van der Waals surface area contributed by atoms with E-state index in [2.05, 4.69) is 85.2 Å². The fourth-order valence-electron chi connectivity index (χ4n) is 2.48. The minimum atomic E-state index is 0.386. The van der Waals surface area contributed by atoms with Gasteiger partial charge in [-0.15, -0.1) is 0 Å². The van der Waals surface area contributed by atoms with Gasteiger partial charge in [0.15, 0.2) is 0 Å². The zero-order valence-corrected chi connectivity index (χ0v) is 14.2. The Balaban J connectivity index is 2.06. The van der Waals surface area contributed by atoms with Gasteiger partial charge >= 0.3 is 0 Å². The van der Waals surface area contributed by atoms with E-state index in [9.17, 15) is 0 Å². The highest BCUT2D eigenvalue weighted by atomic mass is 79.9. The Morgan fingerprint density at radius 3 is 2.15 bits per heavy atom. The van der Waals surface area contributed by atoms with E-state index in [1.165, 1.54) is 22.3 Å². The largest absolute Gasteiger partial charge is 0.0835 e. The third kappa shape index (κ3) is 4.21. The van der Waals surface area contributed by atoms with Gasteiger partial charge in [0, 0.05) is 4.83 Å². The molecule has 2 rings (SSSR count). The zero-order valence-electron chi connectivity index (χ0n) is 12.6. The van der Waals surface area contributed by atoms with Gasteiger partial charge < -0.3 is 0 Å². The first-order valence-corrected chi connectivity index (χ1v) is 8.25. The van der Waals surface area contributed by atoms with Crippen molar-refractivity contribution in [1.82, 2.24) is 0 Å². The van der Waals surface area contributed by atoms with Crippen molar-refractivity contribution in [3.8, 4) is 0 Å². The first-order chi connectivity index (χ1) is 9.56.